The molecule has 1 N–H and O–H groups in total. The van der Waals surface area contributed by atoms with Gasteiger partial charge >= 0.3 is 0 Å². The number of allylic oxidation sites excluding steroid dienone is 2. The second kappa shape index (κ2) is 4.88. The zero-order valence-electron chi connectivity index (χ0n) is 12.0. The Morgan fingerprint density at radius 3 is 2.86 bits per heavy atom. The predicted octanol–water partition coefficient (Wildman–Crippen LogP) is 3.87. The maximum absolute atomic E-state index is 12.4. The Labute approximate surface area is 127 Å². The zero-order valence-corrected chi connectivity index (χ0v) is 12.8. The van der Waals surface area contributed by atoms with Crippen LogP contribution in [-0.4, -0.2) is 11.5 Å². The van der Waals surface area contributed by atoms with Crippen LogP contribution >= 0.6 is 11.8 Å². The third kappa shape index (κ3) is 2.34. The number of carbonyl (C=O) groups excluding carboxylic acids is 1. The Kier molecular flexibility index (Phi) is 3.29. The highest BCUT2D eigenvalue weighted by molar-refractivity contribution is 8.03. The van der Waals surface area contributed by atoms with Crippen LogP contribution in [0.15, 0.2) is 33.3 Å². The third-order valence-corrected chi connectivity index (χ3v) is 5.34. The predicted molar refractivity (Wildman–Crippen MR) is 80.9 cm³/mol. The summed E-state index contributed by atoms with van der Waals surface area (Å²) in [5.41, 5.74) is 0.554. The number of furan rings is 1. The average Bonchev–Trinajstić information content (AvgIpc) is 2.89. The van der Waals surface area contributed by atoms with E-state index >= 15 is 0 Å². The van der Waals surface area contributed by atoms with E-state index in [-0.39, 0.29) is 22.2 Å². The number of nitrogens with zero attached hydrogens (tertiary/aromatic N) is 1. The van der Waals surface area contributed by atoms with E-state index in [0.29, 0.717) is 17.8 Å². The summed E-state index contributed by atoms with van der Waals surface area (Å²) in [6.45, 7) is 4.13. The van der Waals surface area contributed by atoms with Crippen molar-refractivity contribution in [2.24, 2.45) is 11.3 Å². The zero-order chi connectivity index (χ0) is 15.2. The quantitative estimate of drug-likeness (QED) is 0.854. The number of carbonyl (C=O) groups is 1. The van der Waals surface area contributed by atoms with Gasteiger partial charge < -0.3 is 9.83 Å². The van der Waals surface area contributed by atoms with Crippen LogP contribution in [0.3, 0.4) is 0 Å². The fourth-order valence-electron chi connectivity index (χ4n) is 3.00. The van der Waals surface area contributed by atoms with Gasteiger partial charge in [0.2, 0.25) is 0 Å². The van der Waals surface area contributed by atoms with Crippen LogP contribution in [0.4, 0.5) is 0 Å². The molecule has 1 aromatic rings. The van der Waals surface area contributed by atoms with Crippen molar-refractivity contribution in [1.82, 2.24) is 0 Å². The first-order valence-electron chi connectivity index (χ1n) is 6.88. The molecule has 0 fully saturated rings. The van der Waals surface area contributed by atoms with Gasteiger partial charge in [-0.3, -0.25) is 4.79 Å². The minimum absolute atomic E-state index is 0.00288. The van der Waals surface area contributed by atoms with Crippen LogP contribution in [-0.2, 0) is 4.79 Å². The molecule has 0 saturated heterocycles. The molecule has 108 valence electrons. The molecular formula is C16H16N2O2S. The largest absolute Gasteiger partial charge is 0.468 e. The van der Waals surface area contributed by atoms with E-state index in [9.17, 15) is 10.1 Å². The summed E-state index contributed by atoms with van der Waals surface area (Å²) in [7, 11) is 0. The van der Waals surface area contributed by atoms with Gasteiger partial charge in [-0.15, -0.1) is 11.8 Å². The summed E-state index contributed by atoms with van der Waals surface area (Å²) in [6, 6.07) is 5.79. The lowest BCUT2D eigenvalue weighted by atomic mass is 9.74. The van der Waals surface area contributed by atoms with Gasteiger partial charge in [0.15, 0.2) is 5.78 Å². The van der Waals surface area contributed by atoms with E-state index in [4.69, 9.17) is 9.83 Å². The molecule has 2 aliphatic rings. The van der Waals surface area contributed by atoms with Crippen molar-refractivity contribution in [3.8, 4) is 6.07 Å². The Morgan fingerprint density at radius 1 is 1.48 bits per heavy atom. The highest BCUT2D eigenvalue weighted by Gasteiger charge is 2.44. The van der Waals surface area contributed by atoms with E-state index in [2.05, 4.69) is 19.9 Å². The van der Waals surface area contributed by atoms with Crippen molar-refractivity contribution in [2.45, 2.75) is 31.9 Å². The second-order valence-corrected chi connectivity index (χ2v) is 7.55. The fraction of sp³-hybridized carbons (Fsp3) is 0.438. The molecule has 2 atom stereocenters. The molecule has 5 heteroatoms. The molecule has 0 radical (unpaired) electrons. The highest BCUT2D eigenvalue weighted by atomic mass is 32.2. The van der Waals surface area contributed by atoms with Crippen molar-refractivity contribution < 1.29 is 9.21 Å². The minimum Gasteiger partial charge on any atom is -0.468 e. The summed E-state index contributed by atoms with van der Waals surface area (Å²) in [6.07, 6.45) is 2.79. The van der Waals surface area contributed by atoms with Gasteiger partial charge in [-0.2, -0.15) is 5.26 Å². The molecule has 1 aromatic heterocycles. The molecule has 21 heavy (non-hydrogen) atoms. The van der Waals surface area contributed by atoms with Crippen LogP contribution in [0, 0.1) is 28.1 Å². The maximum Gasteiger partial charge on any atom is 0.166 e. The van der Waals surface area contributed by atoms with E-state index in [1.165, 1.54) is 11.8 Å². The smallest absolute Gasteiger partial charge is 0.166 e. The van der Waals surface area contributed by atoms with Gasteiger partial charge in [-0.25, -0.2) is 0 Å². The van der Waals surface area contributed by atoms with Gasteiger partial charge in [0.05, 0.1) is 23.3 Å². The lowest BCUT2D eigenvalue weighted by molar-refractivity contribution is -0.117. The molecule has 4 nitrogen and oxygen atoms in total. The number of rotatable bonds is 1. The summed E-state index contributed by atoms with van der Waals surface area (Å²) >= 11 is 1.52. The molecule has 0 saturated carbocycles. The van der Waals surface area contributed by atoms with Crippen molar-refractivity contribution in [1.29, 1.82) is 10.7 Å². The first kappa shape index (κ1) is 14.2. The topological polar surface area (TPSA) is 77.8 Å². The molecule has 0 bridgehead atoms. The fourth-order valence-corrected chi connectivity index (χ4v) is 4.71. The molecule has 0 aromatic carbocycles. The van der Waals surface area contributed by atoms with Crippen molar-refractivity contribution in [2.75, 3.05) is 0 Å². The minimum atomic E-state index is -0.634. The van der Waals surface area contributed by atoms with Crippen molar-refractivity contribution >= 4 is 23.3 Å². The standard InChI is InChI=1S/C16H16N2O2S/c1-16(2)6-10(19)13-12(7-16)21-15(9(8-17)14(13)18)11-4-3-5-20-11/h3-5,9,15,18H,6-7H2,1-2H3/t9?,15-/m1/s1. The lowest BCUT2D eigenvalue weighted by Gasteiger charge is -2.37. The number of hydrogen-bond donors (Lipinski definition) is 1. The summed E-state index contributed by atoms with van der Waals surface area (Å²) in [4.78, 5) is 13.3. The normalized spacial score (nSPS) is 28.2. The second-order valence-electron chi connectivity index (χ2n) is 6.31. The van der Waals surface area contributed by atoms with Gasteiger partial charge in [-0.1, -0.05) is 13.8 Å². The Morgan fingerprint density at radius 2 is 2.24 bits per heavy atom. The van der Waals surface area contributed by atoms with Crippen LogP contribution in [0.5, 0.6) is 0 Å². The van der Waals surface area contributed by atoms with Crippen molar-refractivity contribution in [3.63, 3.8) is 0 Å². The first-order chi connectivity index (χ1) is 9.93. The Hall–Kier alpha value is -1.80. The molecule has 0 spiro atoms. The highest BCUT2D eigenvalue weighted by Crippen LogP contribution is 2.53. The summed E-state index contributed by atoms with van der Waals surface area (Å²) in [5.74, 6) is 0.0561. The van der Waals surface area contributed by atoms with Gasteiger partial charge in [0.1, 0.15) is 11.7 Å². The summed E-state index contributed by atoms with van der Waals surface area (Å²) < 4.78 is 5.44. The van der Waals surface area contributed by atoms with Crippen LogP contribution in [0.25, 0.3) is 0 Å². The number of ketones is 1. The molecule has 1 unspecified atom stereocenters. The number of nitrogens with one attached hydrogen (secondary N) is 1. The van der Waals surface area contributed by atoms with E-state index in [0.717, 1.165) is 11.3 Å². The van der Waals surface area contributed by atoms with Crippen LogP contribution < -0.4 is 0 Å². The number of thioether (sulfide) groups is 1. The first-order valence-corrected chi connectivity index (χ1v) is 7.76. The van der Waals surface area contributed by atoms with Gasteiger partial charge in [0, 0.05) is 12.0 Å². The average molecular weight is 300 g/mol. The van der Waals surface area contributed by atoms with Crippen LogP contribution in [0.1, 0.15) is 37.7 Å². The van der Waals surface area contributed by atoms with Crippen molar-refractivity contribution in [3.05, 3.63) is 34.6 Å². The van der Waals surface area contributed by atoms with Gasteiger partial charge in [-0.05, 0) is 28.9 Å². The molecule has 1 aliphatic carbocycles. The monoisotopic (exact) mass is 300 g/mol. The molecule has 3 rings (SSSR count). The maximum atomic E-state index is 12.4. The SMILES string of the molecule is CC1(C)CC(=O)C2=C(C1)S[C@@H](c1ccco1)C(C#N)C2=N. The van der Waals surface area contributed by atoms with Crippen LogP contribution in [0.2, 0.25) is 0 Å². The molecule has 0 amide bonds. The van der Waals surface area contributed by atoms with E-state index in [1.807, 2.05) is 6.07 Å². The Balaban J connectivity index is 2.06. The molecule has 1 aliphatic heterocycles. The number of nitriles is 1. The number of hydrogen-bond acceptors (Lipinski definition) is 5. The third-order valence-electron chi connectivity index (χ3n) is 3.95. The molecular weight excluding hydrogens is 284 g/mol. The Bertz CT molecular complexity index is 680. The van der Waals surface area contributed by atoms with Gasteiger partial charge in [0.25, 0.3) is 0 Å². The molecule has 2 heterocycles. The lowest BCUT2D eigenvalue weighted by Crippen LogP contribution is -2.35. The van der Waals surface area contributed by atoms with E-state index in [1.54, 1.807) is 12.3 Å². The summed E-state index contributed by atoms with van der Waals surface area (Å²) in [5, 5.41) is 17.5. The van der Waals surface area contributed by atoms with E-state index < -0.39 is 5.92 Å². The number of Topliss-reactive ketones (excluding diaryl/α,β-unsaturated/α-hetero) is 1.